The maximum atomic E-state index is 12.2. The van der Waals surface area contributed by atoms with Crippen LogP contribution in [0.25, 0.3) is 0 Å². The summed E-state index contributed by atoms with van der Waals surface area (Å²) >= 11 is 5.79. The van der Waals surface area contributed by atoms with E-state index in [4.69, 9.17) is 25.8 Å². The van der Waals surface area contributed by atoms with Crippen molar-refractivity contribution in [3.8, 4) is 11.5 Å². The first-order valence-corrected chi connectivity index (χ1v) is 8.08. The van der Waals surface area contributed by atoms with E-state index in [2.05, 4.69) is 5.32 Å². The second kappa shape index (κ2) is 7.50. The molecule has 0 aliphatic carbocycles. The highest BCUT2D eigenvalue weighted by Crippen LogP contribution is 2.34. The molecule has 9 nitrogen and oxygen atoms in total. The first kappa shape index (κ1) is 18.5. The largest absolute Gasteiger partial charge is 0.454 e. The number of carbonyl (C=O) groups is 2. The Hall–Kier alpha value is -3.33. The van der Waals surface area contributed by atoms with E-state index in [1.54, 1.807) is 18.2 Å². The van der Waals surface area contributed by atoms with E-state index in [1.807, 2.05) is 0 Å². The molecule has 0 bridgehead atoms. The number of nitro groups is 1. The number of halogens is 1. The van der Waals surface area contributed by atoms with Gasteiger partial charge in [-0.05, 0) is 31.2 Å². The van der Waals surface area contributed by atoms with Gasteiger partial charge in [0.05, 0.1) is 4.92 Å². The van der Waals surface area contributed by atoms with Gasteiger partial charge in [-0.25, -0.2) is 4.79 Å². The summed E-state index contributed by atoms with van der Waals surface area (Å²) in [7, 11) is 0. The summed E-state index contributed by atoms with van der Waals surface area (Å²) in [6, 6.07) is 8.29. The Balaban J connectivity index is 1.69. The van der Waals surface area contributed by atoms with Gasteiger partial charge in [-0.3, -0.25) is 14.9 Å². The van der Waals surface area contributed by atoms with Crippen molar-refractivity contribution in [2.75, 3.05) is 12.1 Å². The van der Waals surface area contributed by atoms with Crippen molar-refractivity contribution in [2.45, 2.75) is 13.0 Å². The zero-order valence-corrected chi connectivity index (χ0v) is 14.7. The van der Waals surface area contributed by atoms with E-state index in [0.29, 0.717) is 17.2 Å². The molecule has 27 heavy (non-hydrogen) atoms. The summed E-state index contributed by atoms with van der Waals surface area (Å²) in [4.78, 5) is 34.8. The van der Waals surface area contributed by atoms with Gasteiger partial charge in [0, 0.05) is 22.8 Å². The lowest BCUT2D eigenvalue weighted by Crippen LogP contribution is -2.30. The first-order valence-electron chi connectivity index (χ1n) is 7.70. The molecule has 1 aliphatic rings. The van der Waals surface area contributed by atoms with Gasteiger partial charge in [0.25, 0.3) is 11.6 Å². The molecule has 1 heterocycles. The van der Waals surface area contributed by atoms with Gasteiger partial charge >= 0.3 is 5.97 Å². The number of nitro benzene ring substituents is 1. The van der Waals surface area contributed by atoms with Gasteiger partial charge in [0.1, 0.15) is 5.56 Å². The topological polar surface area (TPSA) is 117 Å². The van der Waals surface area contributed by atoms with Crippen molar-refractivity contribution in [3.63, 3.8) is 0 Å². The van der Waals surface area contributed by atoms with Crippen molar-refractivity contribution in [3.05, 3.63) is 57.1 Å². The number of fused-ring (bicyclic) bond motifs is 1. The van der Waals surface area contributed by atoms with E-state index in [9.17, 15) is 19.7 Å². The number of esters is 1. The van der Waals surface area contributed by atoms with Crippen LogP contribution in [0.4, 0.5) is 11.4 Å². The van der Waals surface area contributed by atoms with Gasteiger partial charge < -0.3 is 19.5 Å². The van der Waals surface area contributed by atoms with Crippen LogP contribution in [0.5, 0.6) is 11.5 Å². The Morgan fingerprint density at radius 3 is 2.70 bits per heavy atom. The SMILES string of the molecule is C[C@@H](OC(=O)c1cc(Cl)ccc1[N+](=O)[O-])C(=O)Nc1ccc2c(c1)OCO2. The molecule has 3 rings (SSSR count). The lowest BCUT2D eigenvalue weighted by Gasteiger charge is -2.14. The molecule has 0 unspecified atom stereocenters. The summed E-state index contributed by atoms with van der Waals surface area (Å²) < 4.78 is 15.4. The molecule has 2 aromatic rings. The predicted octanol–water partition coefficient (Wildman–Crippen LogP) is 3.16. The maximum absolute atomic E-state index is 12.2. The first-order chi connectivity index (χ1) is 12.8. The van der Waals surface area contributed by atoms with Crippen LogP contribution in [0.2, 0.25) is 5.02 Å². The smallest absolute Gasteiger partial charge is 0.345 e. The van der Waals surface area contributed by atoms with E-state index in [-0.39, 0.29) is 17.4 Å². The monoisotopic (exact) mass is 392 g/mol. The van der Waals surface area contributed by atoms with Crippen molar-refractivity contribution < 1.29 is 28.7 Å². The van der Waals surface area contributed by atoms with Crippen molar-refractivity contribution in [1.82, 2.24) is 0 Å². The fraction of sp³-hybridized carbons (Fsp3) is 0.176. The number of anilines is 1. The van der Waals surface area contributed by atoms with Crippen molar-refractivity contribution in [2.24, 2.45) is 0 Å². The number of ether oxygens (including phenoxy) is 3. The molecule has 1 aliphatic heterocycles. The highest BCUT2D eigenvalue weighted by Gasteiger charge is 2.26. The lowest BCUT2D eigenvalue weighted by atomic mass is 10.2. The summed E-state index contributed by atoms with van der Waals surface area (Å²) in [6.07, 6.45) is -1.21. The maximum Gasteiger partial charge on any atom is 0.345 e. The summed E-state index contributed by atoms with van der Waals surface area (Å²) in [5, 5.41) is 13.7. The standard InChI is InChI=1S/C17H13ClN2O7/c1-9(16(21)19-11-3-5-14-15(7-11)26-8-25-14)27-17(22)12-6-10(18)2-4-13(12)20(23)24/h2-7,9H,8H2,1H3,(H,19,21)/t9-/m1/s1. The molecule has 0 spiro atoms. The number of hydrogen-bond donors (Lipinski definition) is 1. The highest BCUT2D eigenvalue weighted by atomic mass is 35.5. The van der Waals surface area contributed by atoms with Gasteiger partial charge in [0.15, 0.2) is 17.6 Å². The zero-order chi connectivity index (χ0) is 19.6. The Labute approximate surface area is 157 Å². The number of nitrogens with one attached hydrogen (secondary N) is 1. The number of carbonyl (C=O) groups excluding carboxylic acids is 2. The molecule has 0 radical (unpaired) electrons. The molecule has 0 saturated heterocycles. The molecule has 1 atom stereocenters. The third-order valence-electron chi connectivity index (χ3n) is 3.67. The average molecular weight is 393 g/mol. The molecule has 1 N–H and O–H groups in total. The van der Waals surface area contributed by atoms with E-state index < -0.39 is 28.6 Å². The summed E-state index contributed by atoms with van der Waals surface area (Å²) in [5.41, 5.74) is -0.385. The molecule has 0 aromatic heterocycles. The van der Waals surface area contributed by atoms with Crippen LogP contribution in [-0.4, -0.2) is 29.7 Å². The fourth-order valence-electron chi connectivity index (χ4n) is 2.33. The number of nitrogens with zero attached hydrogens (tertiary/aromatic N) is 1. The Kier molecular flexibility index (Phi) is 5.13. The quantitative estimate of drug-likeness (QED) is 0.471. The lowest BCUT2D eigenvalue weighted by molar-refractivity contribution is -0.385. The molecular weight excluding hydrogens is 380 g/mol. The molecule has 140 valence electrons. The molecule has 0 saturated carbocycles. The van der Waals surface area contributed by atoms with Crippen molar-refractivity contribution >= 4 is 34.9 Å². The Morgan fingerprint density at radius 1 is 1.22 bits per heavy atom. The minimum Gasteiger partial charge on any atom is -0.454 e. The summed E-state index contributed by atoms with van der Waals surface area (Å²) in [6.45, 7) is 1.44. The molecular formula is C17H13ClN2O7. The van der Waals surface area contributed by atoms with Gasteiger partial charge in [-0.1, -0.05) is 11.6 Å². The number of hydrogen-bond acceptors (Lipinski definition) is 7. The predicted molar refractivity (Wildman–Crippen MR) is 94.2 cm³/mol. The molecule has 2 aromatic carbocycles. The number of benzene rings is 2. The summed E-state index contributed by atoms with van der Waals surface area (Å²) in [5.74, 6) is -0.614. The minimum atomic E-state index is -1.21. The third-order valence-corrected chi connectivity index (χ3v) is 3.90. The van der Waals surface area contributed by atoms with Crippen LogP contribution in [0, 0.1) is 10.1 Å². The Morgan fingerprint density at radius 2 is 1.96 bits per heavy atom. The van der Waals surface area contributed by atoms with Crippen LogP contribution in [0.1, 0.15) is 17.3 Å². The van der Waals surface area contributed by atoms with Crippen LogP contribution >= 0.6 is 11.6 Å². The number of rotatable bonds is 5. The fourth-order valence-corrected chi connectivity index (χ4v) is 2.50. The minimum absolute atomic E-state index is 0.0964. The Bertz CT molecular complexity index is 931. The normalized spacial score (nSPS) is 13.0. The van der Waals surface area contributed by atoms with Gasteiger partial charge in [-0.15, -0.1) is 0 Å². The van der Waals surface area contributed by atoms with Crippen LogP contribution in [0.3, 0.4) is 0 Å². The highest BCUT2D eigenvalue weighted by molar-refractivity contribution is 6.31. The molecule has 10 heteroatoms. The van der Waals surface area contributed by atoms with Crippen molar-refractivity contribution in [1.29, 1.82) is 0 Å². The van der Waals surface area contributed by atoms with Crippen LogP contribution in [-0.2, 0) is 9.53 Å². The third kappa shape index (κ3) is 4.09. The average Bonchev–Trinajstić information content (AvgIpc) is 3.08. The second-order valence-electron chi connectivity index (χ2n) is 5.52. The van der Waals surface area contributed by atoms with Crippen LogP contribution in [0.15, 0.2) is 36.4 Å². The van der Waals surface area contributed by atoms with Crippen LogP contribution < -0.4 is 14.8 Å². The van der Waals surface area contributed by atoms with Gasteiger partial charge in [0.2, 0.25) is 6.79 Å². The van der Waals surface area contributed by atoms with E-state index in [1.165, 1.54) is 13.0 Å². The number of amides is 1. The molecule has 0 fully saturated rings. The molecule has 1 amide bonds. The second-order valence-corrected chi connectivity index (χ2v) is 5.96. The van der Waals surface area contributed by atoms with E-state index in [0.717, 1.165) is 12.1 Å². The zero-order valence-electron chi connectivity index (χ0n) is 13.9. The van der Waals surface area contributed by atoms with Gasteiger partial charge in [-0.2, -0.15) is 0 Å². The van der Waals surface area contributed by atoms with E-state index >= 15 is 0 Å².